The fourth-order valence-electron chi connectivity index (χ4n) is 1.15. The summed E-state index contributed by atoms with van der Waals surface area (Å²) in [7, 11) is 1.57. The van der Waals surface area contributed by atoms with Crippen molar-refractivity contribution in [2.24, 2.45) is 0 Å². The maximum absolute atomic E-state index is 11.3. The van der Waals surface area contributed by atoms with Crippen molar-refractivity contribution >= 4 is 5.78 Å². The summed E-state index contributed by atoms with van der Waals surface area (Å²) in [6.07, 6.45) is 1.41. The van der Waals surface area contributed by atoms with Crippen LogP contribution in [-0.2, 0) is 16.0 Å². The van der Waals surface area contributed by atoms with Crippen LogP contribution in [0.25, 0.3) is 0 Å². The number of methoxy groups -OCH3 is 1. The van der Waals surface area contributed by atoms with Gasteiger partial charge in [-0.05, 0) is 13.3 Å². The molecule has 0 amide bonds. The zero-order valence-electron chi connectivity index (χ0n) is 9.32. The molecule has 0 saturated carbocycles. The smallest absolute Gasteiger partial charge is 0.234 e. The summed E-state index contributed by atoms with van der Waals surface area (Å²) in [5, 5.41) is 3.74. The Morgan fingerprint density at radius 1 is 1.60 bits per heavy atom. The number of aromatic nitrogens is 2. The average Bonchev–Trinajstić information content (AvgIpc) is 2.65. The fourth-order valence-corrected chi connectivity index (χ4v) is 1.15. The molecule has 15 heavy (non-hydrogen) atoms. The van der Waals surface area contributed by atoms with Gasteiger partial charge in [0.05, 0.1) is 6.42 Å². The summed E-state index contributed by atoms with van der Waals surface area (Å²) in [5.41, 5.74) is 0. The summed E-state index contributed by atoms with van der Waals surface area (Å²) in [6, 6.07) is 0. The van der Waals surface area contributed by atoms with Gasteiger partial charge in [0, 0.05) is 13.5 Å². The van der Waals surface area contributed by atoms with Gasteiger partial charge in [0.15, 0.2) is 5.82 Å². The third kappa shape index (κ3) is 3.43. The quantitative estimate of drug-likeness (QED) is 0.717. The number of Topliss-reactive ketones (excluding diaryl/α,β-unsaturated/α-hetero) is 1. The average molecular weight is 212 g/mol. The van der Waals surface area contributed by atoms with Crippen LogP contribution in [0.2, 0.25) is 0 Å². The van der Waals surface area contributed by atoms with Crippen molar-refractivity contribution in [1.82, 2.24) is 10.1 Å². The highest BCUT2D eigenvalue weighted by atomic mass is 16.5. The van der Waals surface area contributed by atoms with Crippen LogP contribution >= 0.6 is 0 Å². The predicted molar refractivity (Wildman–Crippen MR) is 53.3 cm³/mol. The molecule has 5 heteroatoms. The molecule has 0 spiro atoms. The van der Waals surface area contributed by atoms with E-state index in [0.29, 0.717) is 18.1 Å². The van der Waals surface area contributed by atoms with E-state index in [4.69, 9.17) is 9.26 Å². The second kappa shape index (κ2) is 5.60. The highest BCUT2D eigenvalue weighted by Gasteiger charge is 2.14. The maximum atomic E-state index is 11.3. The van der Waals surface area contributed by atoms with Gasteiger partial charge in [0.2, 0.25) is 5.89 Å². The van der Waals surface area contributed by atoms with E-state index in [-0.39, 0.29) is 18.3 Å². The van der Waals surface area contributed by atoms with Crippen molar-refractivity contribution in [2.45, 2.75) is 39.2 Å². The van der Waals surface area contributed by atoms with Gasteiger partial charge in [-0.2, -0.15) is 4.98 Å². The largest absolute Gasteiger partial charge is 0.374 e. The third-order valence-electron chi connectivity index (χ3n) is 2.08. The Morgan fingerprint density at radius 2 is 2.33 bits per heavy atom. The van der Waals surface area contributed by atoms with Crippen LogP contribution in [0.1, 0.15) is 44.5 Å². The minimum Gasteiger partial charge on any atom is -0.374 e. The van der Waals surface area contributed by atoms with Gasteiger partial charge >= 0.3 is 0 Å². The van der Waals surface area contributed by atoms with E-state index in [1.807, 2.05) is 13.8 Å². The van der Waals surface area contributed by atoms with Crippen LogP contribution in [-0.4, -0.2) is 23.0 Å². The summed E-state index contributed by atoms with van der Waals surface area (Å²) >= 11 is 0. The standard InChI is InChI=1S/C10H16N2O3/c1-4-5-8(13)6-9-11-10(12-15-9)7(2)14-3/h7H,4-6H2,1-3H3. The van der Waals surface area contributed by atoms with E-state index in [2.05, 4.69) is 10.1 Å². The van der Waals surface area contributed by atoms with E-state index >= 15 is 0 Å². The van der Waals surface area contributed by atoms with Crippen LogP contribution in [0.5, 0.6) is 0 Å². The van der Waals surface area contributed by atoms with Crippen LogP contribution in [0.15, 0.2) is 4.52 Å². The van der Waals surface area contributed by atoms with Crippen molar-refractivity contribution in [3.8, 4) is 0 Å². The Hall–Kier alpha value is -1.23. The molecule has 0 aromatic carbocycles. The molecular weight excluding hydrogens is 196 g/mol. The molecule has 1 aromatic rings. The molecule has 1 unspecified atom stereocenters. The lowest BCUT2D eigenvalue weighted by atomic mass is 10.2. The van der Waals surface area contributed by atoms with Crippen LogP contribution < -0.4 is 0 Å². The summed E-state index contributed by atoms with van der Waals surface area (Å²) in [6.45, 7) is 3.78. The highest BCUT2D eigenvalue weighted by Crippen LogP contribution is 2.12. The molecule has 0 fully saturated rings. The molecule has 0 bridgehead atoms. The van der Waals surface area contributed by atoms with E-state index < -0.39 is 0 Å². The molecule has 5 nitrogen and oxygen atoms in total. The normalized spacial score (nSPS) is 12.7. The number of carbonyl (C=O) groups is 1. The summed E-state index contributed by atoms with van der Waals surface area (Å²) in [5.74, 6) is 0.974. The first-order valence-electron chi connectivity index (χ1n) is 5.04. The Morgan fingerprint density at radius 3 is 2.93 bits per heavy atom. The molecule has 1 rings (SSSR count). The predicted octanol–water partition coefficient (Wildman–Crippen LogP) is 1.69. The van der Waals surface area contributed by atoms with Gasteiger partial charge in [-0.3, -0.25) is 4.79 Å². The Bertz CT molecular complexity index is 322. The number of hydrogen-bond acceptors (Lipinski definition) is 5. The maximum Gasteiger partial charge on any atom is 0.234 e. The van der Waals surface area contributed by atoms with E-state index in [1.165, 1.54) is 0 Å². The van der Waals surface area contributed by atoms with Crippen LogP contribution in [0, 0.1) is 0 Å². The number of rotatable bonds is 6. The molecule has 0 aliphatic carbocycles. The molecule has 0 saturated heterocycles. The van der Waals surface area contributed by atoms with Gasteiger partial charge < -0.3 is 9.26 Å². The van der Waals surface area contributed by atoms with Crippen molar-refractivity contribution < 1.29 is 14.1 Å². The lowest BCUT2D eigenvalue weighted by Crippen LogP contribution is -2.03. The zero-order chi connectivity index (χ0) is 11.3. The van der Waals surface area contributed by atoms with Crippen LogP contribution in [0.4, 0.5) is 0 Å². The number of nitrogens with zero attached hydrogens (tertiary/aromatic N) is 2. The van der Waals surface area contributed by atoms with Gasteiger partial charge in [0.25, 0.3) is 0 Å². The first-order chi connectivity index (χ1) is 7.17. The molecule has 1 aromatic heterocycles. The first kappa shape index (κ1) is 11.8. The summed E-state index contributed by atoms with van der Waals surface area (Å²) < 4.78 is 9.97. The lowest BCUT2D eigenvalue weighted by Gasteiger charge is -2.00. The van der Waals surface area contributed by atoms with Crippen molar-refractivity contribution in [3.05, 3.63) is 11.7 Å². The van der Waals surface area contributed by atoms with Gasteiger partial charge in [-0.1, -0.05) is 12.1 Å². The second-order valence-electron chi connectivity index (χ2n) is 3.39. The fraction of sp³-hybridized carbons (Fsp3) is 0.700. The molecule has 1 heterocycles. The first-order valence-corrected chi connectivity index (χ1v) is 5.04. The highest BCUT2D eigenvalue weighted by molar-refractivity contribution is 5.79. The molecule has 0 aliphatic heterocycles. The minimum absolute atomic E-state index is 0.123. The van der Waals surface area contributed by atoms with E-state index in [9.17, 15) is 4.79 Å². The van der Waals surface area contributed by atoms with Gasteiger partial charge in [-0.25, -0.2) is 0 Å². The van der Waals surface area contributed by atoms with Gasteiger partial charge in [0.1, 0.15) is 11.9 Å². The third-order valence-corrected chi connectivity index (χ3v) is 2.08. The molecule has 84 valence electrons. The van der Waals surface area contributed by atoms with Crippen LogP contribution in [0.3, 0.4) is 0 Å². The molecular formula is C10H16N2O3. The van der Waals surface area contributed by atoms with Crippen molar-refractivity contribution in [3.63, 3.8) is 0 Å². The molecule has 1 atom stereocenters. The molecule has 0 aliphatic rings. The van der Waals surface area contributed by atoms with E-state index in [0.717, 1.165) is 6.42 Å². The summed E-state index contributed by atoms with van der Waals surface area (Å²) in [4.78, 5) is 15.4. The Labute approximate surface area is 88.8 Å². The minimum atomic E-state index is -0.205. The topological polar surface area (TPSA) is 65.2 Å². The SMILES string of the molecule is CCCC(=O)Cc1nc(C(C)OC)no1. The van der Waals surface area contributed by atoms with E-state index in [1.54, 1.807) is 7.11 Å². The monoisotopic (exact) mass is 212 g/mol. The van der Waals surface area contributed by atoms with Gasteiger partial charge in [-0.15, -0.1) is 0 Å². The Kier molecular flexibility index (Phi) is 4.42. The van der Waals surface area contributed by atoms with Crippen molar-refractivity contribution in [1.29, 1.82) is 0 Å². The van der Waals surface area contributed by atoms with Crippen molar-refractivity contribution in [2.75, 3.05) is 7.11 Å². The lowest BCUT2D eigenvalue weighted by molar-refractivity contribution is -0.118. The number of ketones is 1. The molecule has 0 radical (unpaired) electrons. The number of carbonyl (C=O) groups excluding carboxylic acids is 1. The number of hydrogen-bond donors (Lipinski definition) is 0. The Balaban J connectivity index is 2.56. The molecule has 0 N–H and O–H groups in total. The number of ether oxygens (including phenoxy) is 1. The second-order valence-corrected chi connectivity index (χ2v) is 3.39. The zero-order valence-corrected chi connectivity index (χ0v) is 9.32.